The summed E-state index contributed by atoms with van der Waals surface area (Å²) in [5.41, 5.74) is 1.14. The summed E-state index contributed by atoms with van der Waals surface area (Å²) in [7, 11) is 0. The number of carbonyl (C=O) groups is 1. The van der Waals surface area contributed by atoms with Crippen LogP contribution in [0.5, 0.6) is 0 Å². The number of halogens is 1. The zero-order valence-electron chi connectivity index (χ0n) is 11.3. The Morgan fingerprint density at radius 1 is 1.39 bits per heavy atom. The van der Waals surface area contributed by atoms with Crippen molar-refractivity contribution in [2.24, 2.45) is 5.92 Å². The van der Waals surface area contributed by atoms with Gasteiger partial charge in [0.1, 0.15) is 0 Å². The maximum Gasteiger partial charge on any atom is 0.261 e. The summed E-state index contributed by atoms with van der Waals surface area (Å²) in [5.74, 6) is 0.691. The van der Waals surface area contributed by atoms with Gasteiger partial charge in [-0.05, 0) is 29.3 Å². The molecule has 1 N–H and O–H groups in total. The number of hydrogen-bond acceptors (Lipinski definition) is 2. The molecule has 0 saturated heterocycles. The Morgan fingerprint density at radius 2 is 2.06 bits per heavy atom. The Labute approximate surface area is 122 Å². The second-order valence-electron chi connectivity index (χ2n) is 4.43. The molecule has 0 spiro atoms. The number of alkyl halides is 1. The lowest BCUT2D eigenvalue weighted by Gasteiger charge is -2.19. The second kappa shape index (κ2) is 7.95. The van der Waals surface area contributed by atoms with Gasteiger partial charge >= 0.3 is 0 Å². The van der Waals surface area contributed by atoms with E-state index in [0.717, 1.165) is 29.7 Å². The average molecular weight is 332 g/mol. The Hall–Kier alpha value is -0.350. The quantitative estimate of drug-likeness (QED) is 0.744. The van der Waals surface area contributed by atoms with Crippen molar-refractivity contribution in [1.82, 2.24) is 5.32 Å². The SMILES string of the molecule is CCc1ccsc1C(=O)NCC(Br)C(CC)CC. The summed E-state index contributed by atoms with van der Waals surface area (Å²) in [6, 6.07) is 2.03. The molecule has 18 heavy (non-hydrogen) atoms. The fourth-order valence-corrected chi connectivity index (χ4v) is 3.87. The molecule has 0 aliphatic heterocycles. The Morgan fingerprint density at radius 3 is 2.61 bits per heavy atom. The lowest BCUT2D eigenvalue weighted by atomic mass is 9.99. The minimum Gasteiger partial charge on any atom is -0.350 e. The molecule has 0 aliphatic carbocycles. The summed E-state index contributed by atoms with van der Waals surface area (Å²) in [5, 5.41) is 5.02. The van der Waals surface area contributed by atoms with Gasteiger partial charge in [-0.3, -0.25) is 4.79 Å². The molecule has 1 atom stereocenters. The highest BCUT2D eigenvalue weighted by Gasteiger charge is 2.17. The molecule has 1 rings (SSSR count). The molecule has 1 heterocycles. The van der Waals surface area contributed by atoms with Gasteiger partial charge in [0.15, 0.2) is 0 Å². The topological polar surface area (TPSA) is 29.1 Å². The Balaban J connectivity index is 2.51. The van der Waals surface area contributed by atoms with E-state index in [2.05, 4.69) is 42.0 Å². The standard InChI is InChI=1S/C14H22BrNOS/c1-4-10(5-2)12(15)9-16-14(17)13-11(6-3)7-8-18-13/h7-8,10,12H,4-6,9H2,1-3H3,(H,16,17). The maximum atomic E-state index is 12.1. The van der Waals surface area contributed by atoms with Crippen LogP contribution in [0, 0.1) is 5.92 Å². The van der Waals surface area contributed by atoms with Gasteiger partial charge in [0.25, 0.3) is 5.91 Å². The molecule has 0 bridgehead atoms. The first-order valence-electron chi connectivity index (χ1n) is 6.62. The molecule has 4 heteroatoms. The van der Waals surface area contributed by atoms with Crippen molar-refractivity contribution in [3.05, 3.63) is 21.9 Å². The van der Waals surface area contributed by atoms with Crippen LogP contribution in [0.3, 0.4) is 0 Å². The molecular formula is C14H22BrNOS. The first-order valence-corrected chi connectivity index (χ1v) is 8.42. The highest BCUT2D eigenvalue weighted by molar-refractivity contribution is 9.09. The molecule has 1 aromatic heterocycles. The fourth-order valence-electron chi connectivity index (χ4n) is 2.05. The predicted molar refractivity (Wildman–Crippen MR) is 82.8 cm³/mol. The number of carbonyl (C=O) groups excluding carboxylic acids is 1. The third-order valence-corrected chi connectivity index (χ3v) is 5.38. The summed E-state index contributed by atoms with van der Waals surface area (Å²) in [6.45, 7) is 7.17. The van der Waals surface area contributed by atoms with Crippen LogP contribution in [0.4, 0.5) is 0 Å². The van der Waals surface area contributed by atoms with E-state index >= 15 is 0 Å². The molecule has 1 unspecified atom stereocenters. The zero-order valence-corrected chi connectivity index (χ0v) is 13.7. The van der Waals surface area contributed by atoms with E-state index in [1.165, 1.54) is 11.3 Å². The van der Waals surface area contributed by atoms with Gasteiger partial charge in [0, 0.05) is 11.4 Å². The van der Waals surface area contributed by atoms with E-state index in [1.807, 2.05) is 11.4 Å². The largest absolute Gasteiger partial charge is 0.350 e. The fraction of sp³-hybridized carbons (Fsp3) is 0.643. The minimum atomic E-state index is 0.0669. The molecule has 0 radical (unpaired) electrons. The predicted octanol–water partition coefficient (Wildman–Crippen LogP) is 4.24. The van der Waals surface area contributed by atoms with Crippen molar-refractivity contribution in [1.29, 1.82) is 0 Å². The highest BCUT2D eigenvalue weighted by Crippen LogP contribution is 2.20. The molecule has 0 aliphatic rings. The van der Waals surface area contributed by atoms with E-state index in [4.69, 9.17) is 0 Å². The van der Waals surface area contributed by atoms with E-state index in [1.54, 1.807) is 0 Å². The third kappa shape index (κ3) is 4.09. The second-order valence-corrected chi connectivity index (χ2v) is 6.52. The number of aryl methyl sites for hydroxylation is 1. The van der Waals surface area contributed by atoms with Gasteiger partial charge < -0.3 is 5.32 Å². The van der Waals surface area contributed by atoms with Crippen LogP contribution >= 0.6 is 27.3 Å². The molecule has 2 nitrogen and oxygen atoms in total. The van der Waals surface area contributed by atoms with Crippen molar-refractivity contribution in [2.45, 2.75) is 44.9 Å². The van der Waals surface area contributed by atoms with Crippen LogP contribution in [0.2, 0.25) is 0 Å². The van der Waals surface area contributed by atoms with Crippen LogP contribution in [0.15, 0.2) is 11.4 Å². The van der Waals surface area contributed by atoms with Gasteiger partial charge in [0.05, 0.1) is 4.88 Å². The number of hydrogen-bond donors (Lipinski definition) is 1. The van der Waals surface area contributed by atoms with Crippen molar-refractivity contribution in [2.75, 3.05) is 6.54 Å². The molecule has 0 fully saturated rings. The lowest BCUT2D eigenvalue weighted by molar-refractivity contribution is 0.0955. The van der Waals surface area contributed by atoms with E-state index in [9.17, 15) is 4.79 Å². The van der Waals surface area contributed by atoms with Crippen molar-refractivity contribution >= 4 is 33.2 Å². The first-order chi connectivity index (χ1) is 8.63. The van der Waals surface area contributed by atoms with Gasteiger partial charge in [-0.25, -0.2) is 0 Å². The number of thiophene rings is 1. The number of nitrogens with one attached hydrogen (secondary N) is 1. The first kappa shape index (κ1) is 15.7. The third-order valence-electron chi connectivity index (χ3n) is 3.35. The van der Waals surface area contributed by atoms with Crippen molar-refractivity contribution in [3.8, 4) is 0 Å². The molecule has 0 saturated carbocycles. The molecule has 102 valence electrons. The average Bonchev–Trinajstić information content (AvgIpc) is 2.85. The maximum absolute atomic E-state index is 12.1. The van der Waals surface area contributed by atoms with E-state index < -0.39 is 0 Å². The van der Waals surface area contributed by atoms with Crippen LogP contribution in [-0.2, 0) is 6.42 Å². The van der Waals surface area contributed by atoms with Crippen molar-refractivity contribution in [3.63, 3.8) is 0 Å². The van der Waals surface area contributed by atoms with E-state index in [-0.39, 0.29) is 5.91 Å². The van der Waals surface area contributed by atoms with Gasteiger partial charge in [0.2, 0.25) is 0 Å². The summed E-state index contributed by atoms with van der Waals surface area (Å²) >= 11 is 5.21. The number of amides is 1. The monoisotopic (exact) mass is 331 g/mol. The smallest absolute Gasteiger partial charge is 0.261 e. The molecular weight excluding hydrogens is 310 g/mol. The number of rotatable bonds is 7. The lowest BCUT2D eigenvalue weighted by Crippen LogP contribution is -2.32. The van der Waals surface area contributed by atoms with Crippen molar-refractivity contribution < 1.29 is 4.79 Å². The van der Waals surface area contributed by atoms with Gasteiger partial charge in [-0.15, -0.1) is 11.3 Å². The minimum absolute atomic E-state index is 0.0669. The molecule has 1 amide bonds. The Kier molecular flexibility index (Phi) is 6.94. The van der Waals surface area contributed by atoms with Gasteiger partial charge in [-0.1, -0.05) is 49.5 Å². The molecule has 1 aromatic rings. The summed E-state index contributed by atoms with van der Waals surface area (Å²) in [6.07, 6.45) is 3.19. The summed E-state index contributed by atoms with van der Waals surface area (Å²) < 4.78 is 0. The van der Waals surface area contributed by atoms with Crippen LogP contribution in [0.25, 0.3) is 0 Å². The summed E-state index contributed by atoms with van der Waals surface area (Å²) in [4.78, 5) is 13.3. The van der Waals surface area contributed by atoms with Gasteiger partial charge in [-0.2, -0.15) is 0 Å². The normalized spacial score (nSPS) is 12.7. The highest BCUT2D eigenvalue weighted by atomic mass is 79.9. The Bertz CT molecular complexity index is 374. The molecule has 0 aromatic carbocycles. The van der Waals surface area contributed by atoms with Crippen LogP contribution in [-0.4, -0.2) is 17.3 Å². The zero-order chi connectivity index (χ0) is 13.5. The van der Waals surface area contributed by atoms with E-state index in [0.29, 0.717) is 17.3 Å². The van der Waals surface area contributed by atoms with Crippen LogP contribution < -0.4 is 5.32 Å². The van der Waals surface area contributed by atoms with Crippen LogP contribution in [0.1, 0.15) is 48.8 Å².